The molecule has 158 valence electrons. The van der Waals surface area contributed by atoms with Crippen LogP contribution in [0.25, 0.3) is 6.08 Å². The first kappa shape index (κ1) is 21.2. The Kier molecular flexibility index (Phi) is 6.73. The van der Waals surface area contributed by atoms with Gasteiger partial charge in [0.2, 0.25) is 0 Å². The Bertz CT molecular complexity index is 1030. The standard InChI is InChI=1S/C25H24N2O3S/c26-15-20-8-4-5-9-21(20)17-30-22-12-10-18(11-13-22)14-23-24(28)27(25(29)31-23)16-19-6-2-1-3-7-19/h4-5,8-14,19H,1-3,6-7,16-17H2/b23-14+. The van der Waals surface area contributed by atoms with Crippen LogP contribution in [0.3, 0.4) is 0 Å². The molecule has 0 radical (unpaired) electrons. The lowest BCUT2D eigenvalue weighted by atomic mass is 9.89. The van der Waals surface area contributed by atoms with Gasteiger partial charge >= 0.3 is 0 Å². The number of imide groups is 1. The van der Waals surface area contributed by atoms with E-state index in [-0.39, 0.29) is 11.1 Å². The fourth-order valence-corrected chi connectivity index (χ4v) is 4.86. The number of benzene rings is 2. The minimum absolute atomic E-state index is 0.169. The molecule has 0 aromatic heterocycles. The lowest BCUT2D eigenvalue weighted by molar-refractivity contribution is -0.123. The molecule has 2 aromatic rings. The number of amides is 2. The van der Waals surface area contributed by atoms with Crippen molar-refractivity contribution in [1.29, 1.82) is 5.26 Å². The second kappa shape index (κ2) is 9.84. The lowest BCUT2D eigenvalue weighted by Gasteiger charge is -2.25. The van der Waals surface area contributed by atoms with Crippen molar-refractivity contribution in [2.24, 2.45) is 5.92 Å². The van der Waals surface area contributed by atoms with Gasteiger partial charge in [-0.3, -0.25) is 14.5 Å². The molecule has 1 aliphatic carbocycles. The monoisotopic (exact) mass is 432 g/mol. The average molecular weight is 433 g/mol. The van der Waals surface area contributed by atoms with E-state index >= 15 is 0 Å². The van der Waals surface area contributed by atoms with E-state index < -0.39 is 0 Å². The molecule has 2 amide bonds. The molecule has 6 heteroatoms. The van der Waals surface area contributed by atoms with Gasteiger partial charge in [-0.15, -0.1) is 0 Å². The predicted molar refractivity (Wildman–Crippen MR) is 121 cm³/mol. The summed E-state index contributed by atoms with van der Waals surface area (Å²) in [4.78, 5) is 27.0. The maximum Gasteiger partial charge on any atom is 0.293 e. The van der Waals surface area contributed by atoms with E-state index in [0.29, 0.717) is 35.3 Å². The Morgan fingerprint density at radius 2 is 1.81 bits per heavy atom. The van der Waals surface area contributed by atoms with Crippen LogP contribution >= 0.6 is 11.8 Å². The Morgan fingerprint density at radius 1 is 1.06 bits per heavy atom. The highest BCUT2D eigenvalue weighted by Gasteiger charge is 2.36. The molecule has 2 aliphatic rings. The average Bonchev–Trinajstić information content (AvgIpc) is 3.07. The van der Waals surface area contributed by atoms with Crippen molar-refractivity contribution < 1.29 is 14.3 Å². The highest BCUT2D eigenvalue weighted by Crippen LogP contribution is 2.35. The van der Waals surface area contributed by atoms with Gasteiger partial charge in [0.1, 0.15) is 12.4 Å². The van der Waals surface area contributed by atoms with E-state index in [9.17, 15) is 9.59 Å². The first-order valence-electron chi connectivity index (χ1n) is 10.6. The second-order valence-corrected chi connectivity index (χ2v) is 8.92. The number of nitrogens with zero attached hydrogens (tertiary/aromatic N) is 2. The number of carbonyl (C=O) groups excluding carboxylic acids is 2. The largest absolute Gasteiger partial charge is 0.489 e. The summed E-state index contributed by atoms with van der Waals surface area (Å²) >= 11 is 1.02. The van der Waals surface area contributed by atoms with E-state index in [0.717, 1.165) is 35.7 Å². The van der Waals surface area contributed by atoms with Crippen molar-refractivity contribution in [2.45, 2.75) is 38.7 Å². The molecule has 5 nitrogen and oxygen atoms in total. The summed E-state index contributed by atoms with van der Waals surface area (Å²) in [6.07, 6.45) is 7.59. The van der Waals surface area contributed by atoms with Gasteiger partial charge in [-0.2, -0.15) is 5.26 Å². The summed E-state index contributed by atoms with van der Waals surface area (Å²) in [7, 11) is 0. The third-order valence-electron chi connectivity index (χ3n) is 5.75. The molecule has 0 spiro atoms. The molecule has 1 aliphatic heterocycles. The van der Waals surface area contributed by atoms with Crippen molar-refractivity contribution in [2.75, 3.05) is 6.54 Å². The first-order valence-corrected chi connectivity index (χ1v) is 11.4. The summed E-state index contributed by atoms with van der Waals surface area (Å²) in [5, 5.41) is 9.00. The van der Waals surface area contributed by atoms with Gasteiger partial charge in [0, 0.05) is 12.1 Å². The van der Waals surface area contributed by atoms with E-state index in [1.54, 1.807) is 12.1 Å². The molecule has 0 bridgehead atoms. The number of ether oxygens (including phenoxy) is 1. The normalized spacial score (nSPS) is 18.4. The van der Waals surface area contributed by atoms with Crippen LogP contribution in [0.4, 0.5) is 4.79 Å². The zero-order chi connectivity index (χ0) is 21.6. The number of hydrogen-bond donors (Lipinski definition) is 0. The highest BCUT2D eigenvalue weighted by molar-refractivity contribution is 8.18. The number of carbonyl (C=O) groups is 2. The Labute approximate surface area is 186 Å². The topological polar surface area (TPSA) is 70.4 Å². The van der Waals surface area contributed by atoms with Crippen LogP contribution in [-0.4, -0.2) is 22.6 Å². The summed E-state index contributed by atoms with van der Waals surface area (Å²) in [6, 6.07) is 16.9. The van der Waals surface area contributed by atoms with Gasteiger partial charge in [-0.05, 0) is 60.4 Å². The van der Waals surface area contributed by atoms with E-state index in [2.05, 4.69) is 6.07 Å². The smallest absolute Gasteiger partial charge is 0.293 e. The summed E-state index contributed by atoms with van der Waals surface area (Å²) in [5.41, 5.74) is 2.27. The van der Waals surface area contributed by atoms with Gasteiger partial charge in [-0.25, -0.2) is 0 Å². The minimum atomic E-state index is -0.186. The zero-order valence-corrected chi connectivity index (χ0v) is 18.1. The number of rotatable bonds is 6. The second-order valence-electron chi connectivity index (χ2n) is 7.92. The maximum atomic E-state index is 12.7. The van der Waals surface area contributed by atoms with Gasteiger partial charge in [0.15, 0.2) is 0 Å². The molecular weight excluding hydrogens is 408 g/mol. The molecule has 0 atom stereocenters. The van der Waals surface area contributed by atoms with Crippen LogP contribution in [0.1, 0.15) is 48.8 Å². The number of hydrogen-bond acceptors (Lipinski definition) is 5. The molecule has 2 aromatic carbocycles. The van der Waals surface area contributed by atoms with Crippen LogP contribution in [0.2, 0.25) is 0 Å². The van der Waals surface area contributed by atoms with Gasteiger partial charge < -0.3 is 4.74 Å². The Hall–Kier alpha value is -3.04. The lowest BCUT2D eigenvalue weighted by Crippen LogP contribution is -2.34. The summed E-state index contributed by atoms with van der Waals surface area (Å²) < 4.78 is 5.79. The van der Waals surface area contributed by atoms with Gasteiger partial charge in [-0.1, -0.05) is 49.6 Å². The minimum Gasteiger partial charge on any atom is -0.489 e. The Morgan fingerprint density at radius 3 is 2.55 bits per heavy atom. The first-order chi connectivity index (χ1) is 15.1. The van der Waals surface area contributed by atoms with Crippen molar-refractivity contribution in [3.05, 3.63) is 70.1 Å². The van der Waals surface area contributed by atoms with Crippen LogP contribution in [0.15, 0.2) is 53.4 Å². The molecule has 1 saturated carbocycles. The number of thioether (sulfide) groups is 1. The third-order valence-corrected chi connectivity index (χ3v) is 6.66. The maximum absolute atomic E-state index is 12.7. The van der Waals surface area contributed by atoms with Crippen molar-refractivity contribution in [3.8, 4) is 11.8 Å². The molecular formula is C25H24N2O3S. The zero-order valence-electron chi connectivity index (χ0n) is 17.3. The Balaban J connectivity index is 1.38. The van der Waals surface area contributed by atoms with E-state index in [4.69, 9.17) is 10.00 Å². The van der Waals surface area contributed by atoms with Crippen molar-refractivity contribution in [3.63, 3.8) is 0 Å². The van der Waals surface area contributed by atoms with Gasteiger partial charge in [0.05, 0.1) is 16.5 Å². The fourth-order valence-electron chi connectivity index (χ4n) is 4.01. The van der Waals surface area contributed by atoms with Crippen LogP contribution in [0, 0.1) is 17.2 Å². The van der Waals surface area contributed by atoms with Crippen molar-refractivity contribution >= 4 is 29.0 Å². The van der Waals surface area contributed by atoms with Gasteiger partial charge in [0.25, 0.3) is 11.1 Å². The van der Waals surface area contributed by atoms with Crippen LogP contribution in [0.5, 0.6) is 5.75 Å². The summed E-state index contributed by atoms with van der Waals surface area (Å²) in [5.74, 6) is 0.925. The number of nitriles is 1. The fraction of sp³-hybridized carbons (Fsp3) is 0.320. The molecule has 4 rings (SSSR count). The quantitative estimate of drug-likeness (QED) is 0.543. The molecule has 1 heterocycles. The molecule has 31 heavy (non-hydrogen) atoms. The molecule has 0 unspecified atom stereocenters. The SMILES string of the molecule is N#Cc1ccccc1COc1ccc(/C=C2/SC(=O)N(CC3CCCCC3)C2=O)cc1. The van der Waals surface area contributed by atoms with E-state index in [1.165, 1.54) is 24.2 Å². The van der Waals surface area contributed by atoms with E-state index in [1.807, 2.05) is 42.5 Å². The third kappa shape index (κ3) is 5.18. The summed E-state index contributed by atoms with van der Waals surface area (Å²) in [6.45, 7) is 0.849. The molecule has 0 N–H and O–H groups in total. The van der Waals surface area contributed by atoms with Crippen LogP contribution in [-0.2, 0) is 11.4 Å². The van der Waals surface area contributed by atoms with Crippen molar-refractivity contribution in [1.82, 2.24) is 4.90 Å². The predicted octanol–water partition coefficient (Wildman–Crippen LogP) is 5.75. The molecule has 1 saturated heterocycles. The molecule has 2 fully saturated rings. The highest BCUT2D eigenvalue weighted by atomic mass is 32.2. The van der Waals surface area contributed by atoms with Crippen LogP contribution < -0.4 is 4.74 Å².